The van der Waals surface area contributed by atoms with E-state index in [9.17, 15) is 0 Å². The molecule has 4 rings (SSSR count). The average molecular weight is 428 g/mol. The summed E-state index contributed by atoms with van der Waals surface area (Å²) in [7, 11) is 0. The summed E-state index contributed by atoms with van der Waals surface area (Å²) in [6.07, 6.45) is 20.0. The normalized spacial score (nSPS) is 43.2. The maximum Gasteiger partial charge on any atom is 0.0105 e. The van der Waals surface area contributed by atoms with Gasteiger partial charge in [-0.15, -0.1) is 0 Å². The van der Waals surface area contributed by atoms with Gasteiger partial charge in [-0.05, 0) is 111 Å². The van der Waals surface area contributed by atoms with Crippen molar-refractivity contribution in [3.8, 4) is 0 Å². The summed E-state index contributed by atoms with van der Waals surface area (Å²) in [4.78, 5) is 0. The molecule has 0 aromatic rings. The van der Waals surface area contributed by atoms with E-state index < -0.39 is 0 Å². The van der Waals surface area contributed by atoms with Gasteiger partial charge >= 0.3 is 0 Å². The molecule has 1 nitrogen and oxygen atoms in total. The Morgan fingerprint density at radius 1 is 1.00 bits per heavy atom. The molecule has 4 aliphatic carbocycles. The van der Waals surface area contributed by atoms with Crippen LogP contribution in [0.3, 0.4) is 0 Å². The van der Waals surface area contributed by atoms with E-state index in [2.05, 4.69) is 52.9 Å². The summed E-state index contributed by atoms with van der Waals surface area (Å²) < 4.78 is 0. The van der Waals surface area contributed by atoms with Crippen molar-refractivity contribution >= 4 is 0 Å². The van der Waals surface area contributed by atoms with Gasteiger partial charge in [-0.25, -0.2) is 0 Å². The second-order valence-electron chi connectivity index (χ2n) is 13.2. The predicted molar refractivity (Wildman–Crippen MR) is 135 cm³/mol. The summed E-state index contributed by atoms with van der Waals surface area (Å²) in [6, 6.07) is 0.743. The van der Waals surface area contributed by atoms with E-state index in [1.165, 1.54) is 83.6 Å². The van der Waals surface area contributed by atoms with Crippen LogP contribution >= 0.6 is 0 Å². The van der Waals surface area contributed by atoms with Crippen molar-refractivity contribution in [3.05, 3.63) is 11.6 Å². The molecule has 0 aliphatic heterocycles. The SMILES string of the molecule is CCCN[C@H]1CCC2(C)C(=CC[C@@H]3C2CCC2(C)C3CCC2[C@H](C)CCCC(C)C)C1. The molecule has 1 N–H and O–H groups in total. The molecule has 0 heterocycles. The van der Waals surface area contributed by atoms with E-state index in [1.54, 1.807) is 0 Å². The zero-order chi connectivity index (χ0) is 22.2. The van der Waals surface area contributed by atoms with Crippen molar-refractivity contribution < 1.29 is 0 Å². The summed E-state index contributed by atoms with van der Waals surface area (Å²) in [5.74, 6) is 5.71. The molecule has 0 bridgehead atoms. The van der Waals surface area contributed by atoms with Gasteiger partial charge in [-0.3, -0.25) is 0 Å². The lowest BCUT2D eigenvalue weighted by molar-refractivity contribution is -0.0514. The molecule has 5 unspecified atom stereocenters. The van der Waals surface area contributed by atoms with Crippen LogP contribution in [0.5, 0.6) is 0 Å². The standard InChI is InChI=1S/C30H53N/c1-7-19-31-24-15-17-29(5)23(20-24)11-12-25-27-14-13-26(22(4)10-8-9-21(2)3)30(27,6)18-16-28(25)29/h11,21-22,24-28,31H,7-10,12-20H2,1-6H3/t22-,24+,25+,26?,27?,28?,29?,30?/m1/s1. The quantitative estimate of drug-likeness (QED) is 0.383. The zero-order valence-electron chi connectivity index (χ0n) is 21.8. The number of fused-ring (bicyclic) bond motifs is 5. The minimum absolute atomic E-state index is 0.510. The van der Waals surface area contributed by atoms with Crippen LogP contribution in [0.25, 0.3) is 0 Å². The molecule has 3 fully saturated rings. The smallest absolute Gasteiger partial charge is 0.0105 e. The minimum Gasteiger partial charge on any atom is -0.314 e. The van der Waals surface area contributed by atoms with Crippen molar-refractivity contribution in [1.82, 2.24) is 5.32 Å². The molecule has 178 valence electrons. The molecule has 8 atom stereocenters. The largest absolute Gasteiger partial charge is 0.314 e. The summed E-state index contributed by atoms with van der Waals surface area (Å²) in [5.41, 5.74) is 2.98. The van der Waals surface area contributed by atoms with Gasteiger partial charge in [0, 0.05) is 6.04 Å². The highest BCUT2D eigenvalue weighted by atomic mass is 14.9. The van der Waals surface area contributed by atoms with E-state index in [1.807, 2.05) is 5.57 Å². The van der Waals surface area contributed by atoms with Crippen LogP contribution in [0.15, 0.2) is 11.6 Å². The molecule has 1 heteroatoms. The zero-order valence-corrected chi connectivity index (χ0v) is 21.8. The van der Waals surface area contributed by atoms with Crippen LogP contribution in [0.4, 0.5) is 0 Å². The Morgan fingerprint density at radius 2 is 1.81 bits per heavy atom. The molecule has 0 spiro atoms. The Hall–Kier alpha value is -0.300. The first-order chi connectivity index (χ1) is 14.8. The molecular formula is C30H53N. The van der Waals surface area contributed by atoms with Crippen LogP contribution < -0.4 is 5.32 Å². The molecule has 3 saturated carbocycles. The van der Waals surface area contributed by atoms with Gasteiger partial charge in [0.05, 0.1) is 0 Å². The molecule has 0 amide bonds. The first-order valence-corrected chi connectivity index (χ1v) is 14.2. The summed E-state index contributed by atoms with van der Waals surface area (Å²) in [5, 5.41) is 3.84. The minimum atomic E-state index is 0.510. The third-order valence-corrected chi connectivity index (χ3v) is 11.0. The van der Waals surface area contributed by atoms with Gasteiger partial charge in [0.1, 0.15) is 0 Å². The number of hydrogen-bond acceptors (Lipinski definition) is 1. The maximum absolute atomic E-state index is 3.84. The van der Waals surface area contributed by atoms with Crippen LogP contribution in [0, 0.1) is 46.3 Å². The summed E-state index contributed by atoms with van der Waals surface area (Å²) in [6.45, 7) is 16.3. The van der Waals surface area contributed by atoms with Crippen molar-refractivity contribution in [2.24, 2.45) is 46.3 Å². The predicted octanol–water partition coefficient (Wildman–Crippen LogP) is 8.40. The van der Waals surface area contributed by atoms with Gasteiger partial charge in [0.25, 0.3) is 0 Å². The van der Waals surface area contributed by atoms with Crippen LogP contribution in [-0.4, -0.2) is 12.6 Å². The van der Waals surface area contributed by atoms with Gasteiger partial charge in [0.2, 0.25) is 0 Å². The molecule has 31 heavy (non-hydrogen) atoms. The molecular weight excluding hydrogens is 374 g/mol. The van der Waals surface area contributed by atoms with E-state index in [4.69, 9.17) is 0 Å². The van der Waals surface area contributed by atoms with Crippen LogP contribution in [0.1, 0.15) is 119 Å². The third-order valence-electron chi connectivity index (χ3n) is 11.0. The van der Waals surface area contributed by atoms with E-state index in [0.29, 0.717) is 10.8 Å². The average Bonchev–Trinajstić information content (AvgIpc) is 3.09. The van der Waals surface area contributed by atoms with E-state index in [0.717, 1.165) is 41.5 Å². The van der Waals surface area contributed by atoms with Gasteiger partial charge < -0.3 is 5.32 Å². The molecule has 4 aliphatic rings. The van der Waals surface area contributed by atoms with E-state index in [-0.39, 0.29) is 0 Å². The second-order valence-corrected chi connectivity index (χ2v) is 13.2. The number of hydrogen-bond donors (Lipinski definition) is 1. The fourth-order valence-corrected chi connectivity index (χ4v) is 9.21. The van der Waals surface area contributed by atoms with Crippen molar-refractivity contribution in [1.29, 1.82) is 0 Å². The lowest BCUT2D eigenvalue weighted by Crippen LogP contribution is -2.51. The van der Waals surface area contributed by atoms with Gasteiger partial charge in [-0.2, -0.15) is 0 Å². The lowest BCUT2D eigenvalue weighted by Gasteiger charge is -2.58. The van der Waals surface area contributed by atoms with Crippen molar-refractivity contribution in [2.75, 3.05) is 6.54 Å². The molecule has 0 saturated heterocycles. The van der Waals surface area contributed by atoms with Gasteiger partial charge in [-0.1, -0.05) is 72.5 Å². The maximum atomic E-state index is 3.84. The Kier molecular flexibility index (Phi) is 7.32. The van der Waals surface area contributed by atoms with Crippen molar-refractivity contribution in [2.45, 2.75) is 125 Å². The first-order valence-electron chi connectivity index (χ1n) is 14.2. The molecule has 0 aromatic carbocycles. The monoisotopic (exact) mass is 427 g/mol. The van der Waals surface area contributed by atoms with Gasteiger partial charge in [0.15, 0.2) is 0 Å². The molecule has 0 radical (unpaired) electrons. The highest BCUT2D eigenvalue weighted by molar-refractivity contribution is 5.26. The third kappa shape index (κ3) is 4.43. The highest BCUT2D eigenvalue weighted by Crippen LogP contribution is 2.67. The Labute approximate surface area is 194 Å². The summed E-state index contributed by atoms with van der Waals surface area (Å²) >= 11 is 0. The van der Waals surface area contributed by atoms with Crippen molar-refractivity contribution in [3.63, 3.8) is 0 Å². The lowest BCUT2D eigenvalue weighted by atomic mass is 9.47. The van der Waals surface area contributed by atoms with Crippen LogP contribution in [-0.2, 0) is 0 Å². The number of rotatable bonds is 8. The fourth-order valence-electron chi connectivity index (χ4n) is 9.21. The van der Waals surface area contributed by atoms with Crippen LogP contribution in [0.2, 0.25) is 0 Å². The Bertz CT molecular complexity index is 634. The second kappa shape index (κ2) is 9.52. The highest BCUT2D eigenvalue weighted by Gasteiger charge is 2.59. The number of allylic oxidation sites excluding steroid dienone is 1. The fraction of sp³-hybridized carbons (Fsp3) is 0.933. The topological polar surface area (TPSA) is 12.0 Å². The molecule has 0 aromatic heterocycles. The Balaban J connectivity index is 1.45. The Morgan fingerprint density at radius 3 is 2.55 bits per heavy atom. The number of nitrogens with one attached hydrogen (secondary N) is 1. The van der Waals surface area contributed by atoms with E-state index >= 15 is 0 Å². The first kappa shape index (κ1) is 23.8.